The lowest BCUT2D eigenvalue weighted by Gasteiger charge is -2.44. The van der Waals surface area contributed by atoms with Gasteiger partial charge in [0.15, 0.2) is 5.78 Å². The monoisotopic (exact) mass is 373 g/mol. The van der Waals surface area contributed by atoms with Gasteiger partial charge >= 0.3 is 12.0 Å². The van der Waals surface area contributed by atoms with Gasteiger partial charge in [-0.05, 0) is 56.9 Å². The second-order valence-corrected chi connectivity index (χ2v) is 7.07. The van der Waals surface area contributed by atoms with Crippen LogP contribution in [0.3, 0.4) is 0 Å². The molecule has 2 saturated heterocycles. The Bertz CT molecular complexity index is 776. The van der Waals surface area contributed by atoms with Crippen LogP contribution in [0.4, 0.5) is 10.5 Å². The summed E-state index contributed by atoms with van der Waals surface area (Å²) in [4.78, 5) is 51.1. The molecule has 2 aliphatic rings. The molecule has 0 aromatic heterocycles. The van der Waals surface area contributed by atoms with E-state index in [9.17, 15) is 19.2 Å². The summed E-state index contributed by atoms with van der Waals surface area (Å²) in [5.74, 6) is -1.40. The van der Waals surface area contributed by atoms with Crippen LogP contribution in [0.5, 0.6) is 0 Å². The van der Waals surface area contributed by atoms with Crippen molar-refractivity contribution in [2.24, 2.45) is 0 Å². The van der Waals surface area contributed by atoms with Gasteiger partial charge in [-0.15, -0.1) is 0 Å². The Labute approximate surface area is 157 Å². The molecule has 0 saturated carbocycles. The Morgan fingerprint density at radius 1 is 1.11 bits per heavy atom. The molecule has 1 aromatic carbocycles. The van der Waals surface area contributed by atoms with E-state index in [2.05, 4.69) is 5.32 Å². The quantitative estimate of drug-likeness (QED) is 0.785. The second-order valence-electron chi connectivity index (χ2n) is 7.07. The topological polar surface area (TPSA) is 107 Å². The summed E-state index contributed by atoms with van der Waals surface area (Å²) in [6, 6.07) is 6.19. The van der Waals surface area contributed by atoms with Gasteiger partial charge in [-0.25, -0.2) is 4.79 Å². The number of Topliss-reactive ketones (excluding diaryl/α,β-unsaturated/α-hetero) is 1. The molecule has 0 bridgehead atoms. The normalized spacial score (nSPS) is 22.2. The molecule has 3 amide bonds. The van der Waals surface area contributed by atoms with Gasteiger partial charge in [0.2, 0.25) is 5.91 Å². The molecule has 3 rings (SSSR count). The van der Waals surface area contributed by atoms with Crippen molar-refractivity contribution in [2.75, 3.05) is 25.0 Å². The lowest BCUT2D eigenvalue weighted by atomic mass is 9.85. The Balaban J connectivity index is 1.76. The Morgan fingerprint density at radius 3 is 2.33 bits per heavy atom. The predicted octanol–water partition coefficient (Wildman–Crippen LogP) is 1.96. The second kappa shape index (κ2) is 7.38. The summed E-state index contributed by atoms with van der Waals surface area (Å²) >= 11 is 0. The zero-order chi connectivity index (χ0) is 19.6. The van der Waals surface area contributed by atoms with Crippen molar-refractivity contribution in [1.82, 2.24) is 9.80 Å². The lowest BCUT2D eigenvalue weighted by Crippen LogP contribution is -2.62. The molecule has 1 unspecified atom stereocenters. The molecule has 8 nitrogen and oxygen atoms in total. The number of nitrogens with one attached hydrogen (secondary N) is 1. The average molecular weight is 373 g/mol. The fourth-order valence-corrected chi connectivity index (χ4v) is 4.02. The number of carbonyl (C=O) groups excluding carboxylic acids is 3. The highest BCUT2D eigenvalue weighted by atomic mass is 16.4. The predicted molar refractivity (Wildman–Crippen MR) is 97.6 cm³/mol. The van der Waals surface area contributed by atoms with E-state index in [-0.39, 0.29) is 24.3 Å². The smallest absolute Gasteiger partial charge is 0.323 e. The summed E-state index contributed by atoms with van der Waals surface area (Å²) in [6.07, 6.45) is 2.44. The lowest BCUT2D eigenvalue weighted by molar-refractivity contribution is -0.152. The van der Waals surface area contributed by atoms with Crippen LogP contribution in [-0.4, -0.2) is 63.8 Å². The molecule has 2 N–H and O–H groups in total. The van der Waals surface area contributed by atoms with Gasteiger partial charge in [0.25, 0.3) is 0 Å². The molecular weight excluding hydrogens is 350 g/mol. The van der Waals surface area contributed by atoms with Gasteiger partial charge in [-0.2, -0.15) is 0 Å². The van der Waals surface area contributed by atoms with Gasteiger partial charge in [0, 0.05) is 24.3 Å². The van der Waals surface area contributed by atoms with Crippen molar-refractivity contribution in [3.8, 4) is 0 Å². The molecule has 1 aromatic rings. The number of rotatable bonds is 4. The maximum absolute atomic E-state index is 13.0. The number of carbonyl (C=O) groups is 4. The molecular formula is C19H23N3O5. The van der Waals surface area contributed by atoms with E-state index in [1.54, 1.807) is 29.2 Å². The molecule has 2 aliphatic heterocycles. The van der Waals surface area contributed by atoms with E-state index in [4.69, 9.17) is 5.11 Å². The summed E-state index contributed by atoms with van der Waals surface area (Å²) in [6.45, 7) is 1.97. The van der Waals surface area contributed by atoms with Crippen LogP contribution in [0, 0.1) is 0 Å². The minimum Gasteiger partial charge on any atom is -0.480 e. The maximum Gasteiger partial charge on any atom is 0.323 e. The maximum atomic E-state index is 13.0. The molecule has 1 atom stereocenters. The molecule has 0 aliphatic carbocycles. The number of aliphatic carboxylic acids is 1. The summed E-state index contributed by atoms with van der Waals surface area (Å²) in [5, 5.41) is 11.8. The number of anilines is 1. The third-order valence-electron chi connectivity index (χ3n) is 5.31. The van der Waals surface area contributed by atoms with E-state index in [0.29, 0.717) is 50.0 Å². The van der Waals surface area contributed by atoms with Gasteiger partial charge in [-0.3, -0.25) is 14.4 Å². The highest BCUT2D eigenvalue weighted by Gasteiger charge is 2.53. The van der Waals surface area contributed by atoms with Gasteiger partial charge < -0.3 is 20.2 Å². The van der Waals surface area contributed by atoms with E-state index in [0.717, 1.165) is 0 Å². The molecule has 0 radical (unpaired) electrons. The molecule has 144 valence electrons. The number of likely N-dealkylation sites (tertiary alicyclic amines) is 2. The number of nitrogens with zero attached hydrogens (tertiary/aromatic N) is 2. The standard InChI is InChI=1S/C19H23N3O5/c1-13(23)14-4-6-15(7-5-14)20-18(27)22-11-3-9-19(22)8-2-10-21(17(19)26)12-16(24)25/h4-7H,2-3,8-12H2,1H3,(H,20,27)(H,24,25). The third kappa shape index (κ3) is 3.65. The zero-order valence-electron chi connectivity index (χ0n) is 15.2. The van der Waals surface area contributed by atoms with Crippen LogP contribution < -0.4 is 5.32 Å². The van der Waals surface area contributed by atoms with Crippen molar-refractivity contribution in [3.63, 3.8) is 0 Å². The van der Waals surface area contributed by atoms with Crippen LogP contribution in [-0.2, 0) is 9.59 Å². The molecule has 27 heavy (non-hydrogen) atoms. The SMILES string of the molecule is CC(=O)c1ccc(NC(=O)N2CCCC23CCCN(CC(=O)O)C3=O)cc1. The zero-order valence-corrected chi connectivity index (χ0v) is 15.2. The third-order valence-corrected chi connectivity index (χ3v) is 5.31. The van der Waals surface area contributed by atoms with E-state index >= 15 is 0 Å². The number of urea groups is 1. The van der Waals surface area contributed by atoms with E-state index in [1.807, 2.05) is 0 Å². The number of amides is 3. The van der Waals surface area contributed by atoms with Crippen molar-refractivity contribution < 1.29 is 24.3 Å². The largest absolute Gasteiger partial charge is 0.480 e. The number of hydrogen-bond donors (Lipinski definition) is 2. The Morgan fingerprint density at radius 2 is 1.74 bits per heavy atom. The first kappa shape index (κ1) is 18.9. The number of benzene rings is 1. The van der Waals surface area contributed by atoms with Crippen molar-refractivity contribution in [2.45, 2.75) is 38.1 Å². The van der Waals surface area contributed by atoms with Crippen molar-refractivity contribution in [1.29, 1.82) is 0 Å². The average Bonchev–Trinajstić information content (AvgIpc) is 3.04. The first-order chi connectivity index (χ1) is 12.8. The van der Waals surface area contributed by atoms with Crippen LogP contribution in [0.2, 0.25) is 0 Å². The van der Waals surface area contributed by atoms with Crippen molar-refractivity contribution >= 4 is 29.4 Å². The van der Waals surface area contributed by atoms with Crippen molar-refractivity contribution in [3.05, 3.63) is 29.8 Å². The summed E-state index contributed by atoms with van der Waals surface area (Å²) in [5.41, 5.74) is 0.131. The highest BCUT2D eigenvalue weighted by molar-refractivity contribution is 5.98. The fraction of sp³-hybridized carbons (Fsp3) is 0.474. The molecule has 8 heteroatoms. The molecule has 2 heterocycles. The Hall–Kier alpha value is -2.90. The highest BCUT2D eigenvalue weighted by Crippen LogP contribution is 2.38. The first-order valence-electron chi connectivity index (χ1n) is 9.04. The van der Waals surface area contributed by atoms with Crippen LogP contribution in [0.1, 0.15) is 43.0 Å². The summed E-state index contributed by atoms with van der Waals surface area (Å²) in [7, 11) is 0. The van der Waals surface area contributed by atoms with E-state index < -0.39 is 11.5 Å². The number of piperidine rings is 1. The van der Waals surface area contributed by atoms with Gasteiger partial charge in [0.05, 0.1) is 0 Å². The van der Waals surface area contributed by atoms with Crippen LogP contribution >= 0.6 is 0 Å². The minimum absolute atomic E-state index is 0.0577. The van der Waals surface area contributed by atoms with Crippen LogP contribution in [0.15, 0.2) is 24.3 Å². The minimum atomic E-state index is -1.06. The number of ketones is 1. The van der Waals surface area contributed by atoms with E-state index in [1.165, 1.54) is 11.8 Å². The van der Waals surface area contributed by atoms with Gasteiger partial charge in [0.1, 0.15) is 12.1 Å². The number of carboxylic acids is 1. The first-order valence-corrected chi connectivity index (χ1v) is 9.04. The Kier molecular flexibility index (Phi) is 5.16. The van der Waals surface area contributed by atoms with Crippen LogP contribution in [0.25, 0.3) is 0 Å². The van der Waals surface area contributed by atoms with Gasteiger partial charge in [-0.1, -0.05) is 0 Å². The molecule has 2 fully saturated rings. The fourth-order valence-electron chi connectivity index (χ4n) is 4.02. The number of carboxylic acid groups (broad SMARTS) is 1. The summed E-state index contributed by atoms with van der Waals surface area (Å²) < 4.78 is 0. The molecule has 1 spiro atoms. The number of hydrogen-bond acceptors (Lipinski definition) is 4.